The first-order valence-corrected chi connectivity index (χ1v) is 12.5. The smallest absolute Gasteiger partial charge is 0.176 e. The van der Waals surface area contributed by atoms with Gasteiger partial charge in [-0.1, -0.05) is 84.7 Å². The summed E-state index contributed by atoms with van der Waals surface area (Å²) in [6.07, 6.45) is 4.05. The molecule has 0 spiro atoms. The second-order valence-electron chi connectivity index (χ2n) is 8.86. The number of nitrogens with zero attached hydrogens (tertiary/aromatic N) is 5. The van der Waals surface area contributed by atoms with Crippen LogP contribution in [0.4, 0.5) is 0 Å². The van der Waals surface area contributed by atoms with E-state index in [0.29, 0.717) is 47.7 Å². The molecule has 0 radical (unpaired) electrons. The zero-order chi connectivity index (χ0) is 25.2. The summed E-state index contributed by atoms with van der Waals surface area (Å²) < 4.78 is 0. The number of tetrazole rings is 1. The van der Waals surface area contributed by atoms with E-state index in [-0.39, 0.29) is 0 Å². The summed E-state index contributed by atoms with van der Waals surface area (Å²) in [6, 6.07) is 16.0. The van der Waals surface area contributed by atoms with E-state index < -0.39 is 0 Å². The summed E-state index contributed by atoms with van der Waals surface area (Å²) in [6.45, 7) is 11.9. The van der Waals surface area contributed by atoms with Crippen LogP contribution in [0, 0.1) is 5.92 Å². The Hall–Kier alpha value is -2.96. The summed E-state index contributed by atoms with van der Waals surface area (Å²) >= 11 is 12.6. The lowest BCUT2D eigenvalue weighted by Crippen LogP contribution is -2.32. The van der Waals surface area contributed by atoms with Crippen LogP contribution >= 0.6 is 23.2 Å². The first-order chi connectivity index (χ1) is 16.9. The average Bonchev–Trinajstić information content (AvgIpc) is 3.35. The molecule has 0 aliphatic rings. The van der Waals surface area contributed by atoms with E-state index in [1.54, 1.807) is 0 Å². The summed E-state index contributed by atoms with van der Waals surface area (Å²) in [7, 11) is 0. The minimum Gasteiger partial charge on any atom is -0.355 e. The molecule has 1 N–H and O–H groups in total. The fourth-order valence-corrected chi connectivity index (χ4v) is 4.19. The van der Waals surface area contributed by atoms with Gasteiger partial charge in [0.15, 0.2) is 5.82 Å². The van der Waals surface area contributed by atoms with Crippen molar-refractivity contribution >= 4 is 34.7 Å². The molecule has 0 unspecified atom stereocenters. The molecule has 0 bridgehead atoms. The number of halogens is 2. The number of benzene rings is 2. The third-order valence-corrected chi connectivity index (χ3v) is 6.19. The lowest BCUT2D eigenvalue weighted by atomic mass is 9.99. The van der Waals surface area contributed by atoms with E-state index in [2.05, 4.69) is 65.0 Å². The van der Waals surface area contributed by atoms with Gasteiger partial charge in [-0.2, -0.15) is 5.21 Å². The van der Waals surface area contributed by atoms with Crippen molar-refractivity contribution in [3.05, 3.63) is 93.8 Å². The Labute approximate surface area is 217 Å². The maximum Gasteiger partial charge on any atom is 0.176 e. The SMILES string of the molecule is C=CCC(=N/C(=C(\C)CC(C)C)c1ccc(Cl)c(Cl)c1)N(CCc1nn[nH]n1)Cc1ccccc1. The molecular formula is C27H32Cl2N6. The molecule has 0 amide bonds. The van der Waals surface area contributed by atoms with Crippen molar-refractivity contribution in [1.29, 1.82) is 0 Å². The number of H-pyrrole nitrogens is 1. The second kappa shape index (κ2) is 13.2. The maximum atomic E-state index is 6.39. The quantitative estimate of drug-likeness (QED) is 0.171. The number of hydrogen-bond acceptors (Lipinski definition) is 4. The lowest BCUT2D eigenvalue weighted by molar-refractivity contribution is 0.407. The van der Waals surface area contributed by atoms with Gasteiger partial charge in [-0.15, -0.1) is 16.8 Å². The van der Waals surface area contributed by atoms with E-state index in [1.807, 2.05) is 42.5 Å². The molecule has 3 aromatic rings. The Morgan fingerprint density at radius 2 is 1.91 bits per heavy atom. The summed E-state index contributed by atoms with van der Waals surface area (Å²) in [4.78, 5) is 7.50. The van der Waals surface area contributed by atoms with Gasteiger partial charge in [0, 0.05) is 31.5 Å². The first-order valence-electron chi connectivity index (χ1n) is 11.7. The molecule has 35 heavy (non-hydrogen) atoms. The van der Waals surface area contributed by atoms with E-state index in [9.17, 15) is 0 Å². The van der Waals surface area contributed by atoms with Crippen LogP contribution in [-0.4, -0.2) is 37.9 Å². The zero-order valence-corrected chi connectivity index (χ0v) is 22.0. The Balaban J connectivity index is 2.06. The number of hydrogen-bond donors (Lipinski definition) is 1. The average molecular weight is 512 g/mol. The highest BCUT2D eigenvalue weighted by molar-refractivity contribution is 6.42. The number of allylic oxidation sites excluding steroid dienone is 1. The van der Waals surface area contributed by atoms with Gasteiger partial charge in [-0.3, -0.25) is 0 Å². The second-order valence-corrected chi connectivity index (χ2v) is 9.68. The Bertz CT molecular complexity index is 1150. The van der Waals surface area contributed by atoms with Crippen LogP contribution in [0.15, 0.2) is 71.8 Å². The molecule has 8 heteroatoms. The maximum absolute atomic E-state index is 6.39. The summed E-state index contributed by atoms with van der Waals surface area (Å²) in [5.74, 6) is 2.07. The molecule has 184 valence electrons. The molecule has 0 aliphatic heterocycles. The zero-order valence-electron chi connectivity index (χ0n) is 20.5. The number of rotatable bonds is 11. The van der Waals surface area contributed by atoms with Crippen LogP contribution in [0.2, 0.25) is 10.0 Å². The molecule has 0 saturated heterocycles. The third kappa shape index (κ3) is 8.05. The van der Waals surface area contributed by atoms with Gasteiger partial charge in [-0.25, -0.2) is 4.99 Å². The summed E-state index contributed by atoms with van der Waals surface area (Å²) in [5, 5.41) is 15.5. The van der Waals surface area contributed by atoms with Crippen molar-refractivity contribution in [2.75, 3.05) is 6.54 Å². The summed E-state index contributed by atoms with van der Waals surface area (Å²) in [5.41, 5.74) is 4.23. The number of aliphatic imine (C=N–C) groups is 1. The van der Waals surface area contributed by atoms with Crippen molar-refractivity contribution in [2.45, 2.75) is 46.6 Å². The van der Waals surface area contributed by atoms with Crippen molar-refractivity contribution in [3.8, 4) is 0 Å². The van der Waals surface area contributed by atoms with Gasteiger partial charge in [0.1, 0.15) is 5.84 Å². The van der Waals surface area contributed by atoms with E-state index in [0.717, 1.165) is 23.5 Å². The topological polar surface area (TPSA) is 70.1 Å². The fraction of sp³-hybridized carbons (Fsp3) is 0.333. The Morgan fingerprint density at radius 3 is 2.54 bits per heavy atom. The van der Waals surface area contributed by atoms with Gasteiger partial charge in [-0.05, 0) is 42.5 Å². The van der Waals surface area contributed by atoms with Crippen LogP contribution in [0.3, 0.4) is 0 Å². The standard InChI is InChI=1S/C27H32Cl2N6/c1-5-9-26(30-27(20(4)16-19(2)3)22-12-13-23(28)24(29)17-22)35(15-14-25-31-33-34-32-25)18-21-10-7-6-8-11-21/h5-8,10-13,17,19H,1,9,14-16,18H2,2-4H3,(H,31,32,33,34)/b27-20+,30-26?. The van der Waals surface area contributed by atoms with Gasteiger partial charge in [0.2, 0.25) is 0 Å². The van der Waals surface area contributed by atoms with Crippen LogP contribution in [0.5, 0.6) is 0 Å². The minimum absolute atomic E-state index is 0.490. The van der Waals surface area contributed by atoms with Gasteiger partial charge in [0.25, 0.3) is 0 Å². The molecule has 6 nitrogen and oxygen atoms in total. The predicted molar refractivity (Wildman–Crippen MR) is 145 cm³/mol. The van der Waals surface area contributed by atoms with E-state index >= 15 is 0 Å². The molecule has 1 heterocycles. The monoisotopic (exact) mass is 510 g/mol. The third-order valence-electron chi connectivity index (χ3n) is 5.46. The molecule has 2 aromatic carbocycles. The normalized spacial score (nSPS) is 12.6. The van der Waals surface area contributed by atoms with Gasteiger partial charge in [0.05, 0.1) is 15.7 Å². The minimum atomic E-state index is 0.490. The predicted octanol–water partition coefficient (Wildman–Crippen LogP) is 7.00. The van der Waals surface area contributed by atoms with Gasteiger partial charge < -0.3 is 4.90 Å². The molecule has 3 rings (SSSR count). The van der Waals surface area contributed by atoms with Crippen LogP contribution in [0.25, 0.3) is 5.70 Å². The van der Waals surface area contributed by atoms with Gasteiger partial charge >= 0.3 is 0 Å². The highest BCUT2D eigenvalue weighted by Crippen LogP contribution is 2.31. The lowest BCUT2D eigenvalue weighted by Gasteiger charge is -2.26. The highest BCUT2D eigenvalue weighted by atomic mass is 35.5. The first kappa shape index (κ1) is 26.6. The Kier molecular flexibility index (Phi) is 10.1. The fourth-order valence-electron chi connectivity index (χ4n) is 3.89. The molecule has 0 aliphatic carbocycles. The van der Waals surface area contributed by atoms with Crippen LogP contribution in [0.1, 0.15) is 50.6 Å². The van der Waals surface area contributed by atoms with Crippen molar-refractivity contribution in [1.82, 2.24) is 25.5 Å². The van der Waals surface area contributed by atoms with Crippen molar-refractivity contribution in [2.24, 2.45) is 10.9 Å². The molecule has 0 atom stereocenters. The number of amidine groups is 1. The molecule has 0 fully saturated rings. The van der Waals surface area contributed by atoms with Crippen molar-refractivity contribution in [3.63, 3.8) is 0 Å². The largest absolute Gasteiger partial charge is 0.355 e. The van der Waals surface area contributed by atoms with Crippen LogP contribution in [-0.2, 0) is 13.0 Å². The number of aromatic amines is 1. The van der Waals surface area contributed by atoms with Crippen molar-refractivity contribution < 1.29 is 0 Å². The Morgan fingerprint density at radius 1 is 1.14 bits per heavy atom. The molecule has 0 saturated carbocycles. The van der Waals surface area contributed by atoms with E-state index in [1.165, 1.54) is 11.1 Å². The number of aromatic nitrogens is 4. The highest BCUT2D eigenvalue weighted by Gasteiger charge is 2.16. The number of nitrogens with one attached hydrogen (secondary N) is 1. The molecular weight excluding hydrogens is 479 g/mol. The molecule has 1 aromatic heterocycles. The van der Waals surface area contributed by atoms with E-state index in [4.69, 9.17) is 28.2 Å². The van der Waals surface area contributed by atoms with Crippen LogP contribution < -0.4 is 0 Å².